The van der Waals surface area contributed by atoms with Gasteiger partial charge in [0.2, 0.25) is 0 Å². The van der Waals surface area contributed by atoms with Gasteiger partial charge in [-0.15, -0.1) is 0 Å². The number of esters is 1. The fraction of sp³-hybridized carbons (Fsp3) is 0.500. The van der Waals surface area contributed by atoms with Gasteiger partial charge in [-0.3, -0.25) is 4.79 Å². The van der Waals surface area contributed by atoms with Crippen molar-refractivity contribution in [3.63, 3.8) is 0 Å². The molecule has 1 aliphatic rings. The normalized spacial score (nSPS) is 20.1. The average Bonchev–Trinajstić information content (AvgIpc) is 2.89. The molecule has 25 heavy (non-hydrogen) atoms. The minimum absolute atomic E-state index is 0.0311. The molecule has 1 aliphatic heterocycles. The predicted octanol–water partition coefficient (Wildman–Crippen LogP) is 2.06. The summed E-state index contributed by atoms with van der Waals surface area (Å²) in [5.41, 5.74) is -0.362. The van der Waals surface area contributed by atoms with E-state index in [4.69, 9.17) is 16.3 Å². The van der Waals surface area contributed by atoms with Crippen LogP contribution in [0.2, 0.25) is 5.02 Å². The lowest BCUT2D eigenvalue weighted by molar-refractivity contribution is -0.141. The van der Waals surface area contributed by atoms with Crippen molar-refractivity contribution < 1.29 is 27.1 Å². The van der Waals surface area contributed by atoms with Gasteiger partial charge in [0.1, 0.15) is 5.82 Å². The van der Waals surface area contributed by atoms with Crippen LogP contribution >= 0.6 is 11.6 Å². The molecule has 0 aromatic heterocycles. The molecule has 1 aromatic carbocycles. The van der Waals surface area contributed by atoms with Crippen LogP contribution in [0.1, 0.15) is 30.6 Å². The molecule has 0 N–H and O–H groups in total. The number of carbonyl (C=O) groups is 2. The highest BCUT2D eigenvalue weighted by Crippen LogP contribution is 2.20. The summed E-state index contributed by atoms with van der Waals surface area (Å²) in [4.78, 5) is 26.0. The molecule has 0 aliphatic carbocycles. The second-order valence-electron chi connectivity index (χ2n) is 5.85. The van der Waals surface area contributed by atoms with Crippen LogP contribution in [-0.2, 0) is 19.4 Å². The van der Waals surface area contributed by atoms with Gasteiger partial charge in [0, 0.05) is 17.6 Å². The van der Waals surface area contributed by atoms with Crippen LogP contribution in [0.4, 0.5) is 4.39 Å². The molecule has 1 amide bonds. The first-order valence-corrected chi connectivity index (χ1v) is 10.0. The standard InChI is InChI=1S/C16H19ClFNO5S/c1-3-19(12-6-7-25(22,23)9-12)15(20)10(2)24-16(21)13-8-11(17)4-5-14(13)18/h4-5,8,10,12H,3,6-7,9H2,1-2H3/t10-,12+/m1/s1. The van der Waals surface area contributed by atoms with Crippen molar-refractivity contribution in [3.05, 3.63) is 34.6 Å². The number of sulfone groups is 1. The van der Waals surface area contributed by atoms with Crippen molar-refractivity contribution in [1.82, 2.24) is 4.90 Å². The molecule has 1 aromatic rings. The average molecular weight is 392 g/mol. The Morgan fingerprint density at radius 3 is 2.68 bits per heavy atom. The first-order chi connectivity index (χ1) is 11.6. The number of hydrogen-bond acceptors (Lipinski definition) is 5. The predicted molar refractivity (Wildman–Crippen MR) is 90.7 cm³/mol. The van der Waals surface area contributed by atoms with Gasteiger partial charge in [-0.2, -0.15) is 0 Å². The summed E-state index contributed by atoms with van der Waals surface area (Å²) in [5, 5.41) is 0.165. The fourth-order valence-corrected chi connectivity index (χ4v) is 4.68. The number of carbonyl (C=O) groups excluding carboxylic acids is 2. The summed E-state index contributed by atoms with van der Waals surface area (Å²) < 4.78 is 42.0. The SMILES string of the molecule is CCN(C(=O)[C@@H](C)OC(=O)c1cc(Cl)ccc1F)[C@H]1CCS(=O)(=O)C1. The Labute approximate surface area is 150 Å². The number of ether oxygens (including phenoxy) is 1. The van der Waals surface area contributed by atoms with E-state index in [9.17, 15) is 22.4 Å². The van der Waals surface area contributed by atoms with Crippen LogP contribution in [-0.4, -0.2) is 55.4 Å². The molecular weight excluding hydrogens is 373 g/mol. The summed E-state index contributed by atoms with van der Waals surface area (Å²) in [6.45, 7) is 3.37. The van der Waals surface area contributed by atoms with Crippen LogP contribution in [0.25, 0.3) is 0 Å². The van der Waals surface area contributed by atoms with Crippen LogP contribution in [0.15, 0.2) is 18.2 Å². The maximum absolute atomic E-state index is 13.7. The Hall–Kier alpha value is -1.67. The van der Waals surface area contributed by atoms with Crippen molar-refractivity contribution in [2.45, 2.75) is 32.4 Å². The van der Waals surface area contributed by atoms with Crippen molar-refractivity contribution in [2.24, 2.45) is 0 Å². The van der Waals surface area contributed by atoms with Gasteiger partial charge in [-0.1, -0.05) is 11.6 Å². The van der Waals surface area contributed by atoms with Gasteiger partial charge in [0.15, 0.2) is 15.9 Å². The Balaban J connectivity index is 2.08. The maximum atomic E-state index is 13.7. The summed E-state index contributed by atoms with van der Waals surface area (Å²) in [6, 6.07) is 3.01. The number of hydrogen-bond donors (Lipinski definition) is 0. The molecular formula is C16H19ClFNO5S. The molecule has 2 atom stereocenters. The van der Waals surface area contributed by atoms with E-state index in [1.165, 1.54) is 17.9 Å². The van der Waals surface area contributed by atoms with Crippen LogP contribution in [0.3, 0.4) is 0 Å². The van der Waals surface area contributed by atoms with E-state index in [0.717, 1.165) is 12.1 Å². The number of amides is 1. The van der Waals surface area contributed by atoms with Gasteiger partial charge in [0.05, 0.1) is 17.1 Å². The van der Waals surface area contributed by atoms with Crippen molar-refractivity contribution in [1.29, 1.82) is 0 Å². The third-order valence-electron chi connectivity index (χ3n) is 4.05. The second-order valence-corrected chi connectivity index (χ2v) is 8.52. The molecule has 1 fully saturated rings. The fourth-order valence-electron chi connectivity index (χ4n) is 2.78. The Bertz CT molecular complexity index is 783. The molecule has 2 rings (SSSR count). The van der Waals surface area contributed by atoms with Crippen molar-refractivity contribution in [2.75, 3.05) is 18.1 Å². The van der Waals surface area contributed by atoms with Gasteiger partial charge < -0.3 is 9.64 Å². The van der Waals surface area contributed by atoms with E-state index >= 15 is 0 Å². The third-order valence-corrected chi connectivity index (χ3v) is 6.04. The van der Waals surface area contributed by atoms with Gasteiger partial charge >= 0.3 is 5.97 Å². The Kier molecular flexibility index (Phi) is 6.05. The zero-order chi connectivity index (χ0) is 18.8. The summed E-state index contributed by atoms with van der Waals surface area (Å²) in [5.74, 6) is -2.39. The minimum Gasteiger partial charge on any atom is -0.449 e. The number of benzene rings is 1. The molecule has 1 saturated heterocycles. The smallest absolute Gasteiger partial charge is 0.341 e. The molecule has 0 unspecified atom stereocenters. The molecule has 9 heteroatoms. The van der Waals surface area contributed by atoms with Crippen LogP contribution in [0.5, 0.6) is 0 Å². The van der Waals surface area contributed by atoms with Gasteiger partial charge in [-0.25, -0.2) is 17.6 Å². The number of rotatable bonds is 5. The highest BCUT2D eigenvalue weighted by Gasteiger charge is 2.36. The van der Waals surface area contributed by atoms with Crippen LogP contribution in [0, 0.1) is 5.82 Å². The molecule has 138 valence electrons. The number of likely N-dealkylation sites (N-methyl/N-ethyl adjacent to an activating group) is 1. The lowest BCUT2D eigenvalue weighted by atomic mass is 10.2. The third kappa shape index (κ3) is 4.70. The van der Waals surface area contributed by atoms with E-state index < -0.39 is 39.7 Å². The molecule has 0 saturated carbocycles. The Morgan fingerprint density at radius 2 is 2.12 bits per heavy atom. The van der Waals surface area contributed by atoms with Gasteiger partial charge in [-0.05, 0) is 38.5 Å². The van der Waals surface area contributed by atoms with Crippen LogP contribution < -0.4 is 0 Å². The number of nitrogens with zero attached hydrogens (tertiary/aromatic N) is 1. The minimum atomic E-state index is -3.15. The zero-order valence-electron chi connectivity index (χ0n) is 13.9. The lowest BCUT2D eigenvalue weighted by Crippen LogP contribution is -2.46. The highest BCUT2D eigenvalue weighted by molar-refractivity contribution is 7.91. The summed E-state index contributed by atoms with van der Waals surface area (Å²) in [6.07, 6.45) is -0.819. The molecule has 1 heterocycles. The maximum Gasteiger partial charge on any atom is 0.341 e. The quantitative estimate of drug-likeness (QED) is 0.718. The van der Waals surface area contributed by atoms with E-state index in [2.05, 4.69) is 0 Å². The Morgan fingerprint density at radius 1 is 1.44 bits per heavy atom. The lowest BCUT2D eigenvalue weighted by Gasteiger charge is -2.29. The molecule has 0 spiro atoms. The van der Waals surface area contributed by atoms with E-state index in [1.807, 2.05) is 0 Å². The molecule has 6 nitrogen and oxygen atoms in total. The first-order valence-electron chi connectivity index (χ1n) is 7.81. The highest BCUT2D eigenvalue weighted by atomic mass is 35.5. The van der Waals surface area contributed by atoms with E-state index in [-0.39, 0.29) is 28.6 Å². The molecule has 0 radical (unpaired) electrons. The first kappa shape index (κ1) is 19.7. The largest absolute Gasteiger partial charge is 0.449 e. The number of halogens is 2. The second kappa shape index (κ2) is 7.70. The van der Waals surface area contributed by atoms with Crippen molar-refractivity contribution >= 4 is 33.3 Å². The monoisotopic (exact) mass is 391 g/mol. The van der Waals surface area contributed by atoms with E-state index in [1.54, 1.807) is 6.92 Å². The van der Waals surface area contributed by atoms with E-state index in [0.29, 0.717) is 6.42 Å². The zero-order valence-corrected chi connectivity index (χ0v) is 15.4. The summed E-state index contributed by atoms with van der Waals surface area (Å²) >= 11 is 5.74. The van der Waals surface area contributed by atoms with Crippen molar-refractivity contribution in [3.8, 4) is 0 Å². The topological polar surface area (TPSA) is 80.8 Å². The van der Waals surface area contributed by atoms with Gasteiger partial charge in [0.25, 0.3) is 5.91 Å². The summed E-state index contributed by atoms with van der Waals surface area (Å²) in [7, 11) is -3.15. The molecule has 0 bridgehead atoms.